The van der Waals surface area contributed by atoms with Crippen LogP contribution in [0.2, 0.25) is 0 Å². The molecular weight excluding hydrogens is 483 g/mol. The third kappa shape index (κ3) is 6.11. The molecule has 0 atom stereocenters. The van der Waals surface area contributed by atoms with Crippen molar-refractivity contribution in [2.45, 2.75) is 13.5 Å². The maximum atomic E-state index is 5.80. The Balaban J connectivity index is 0.00000300. The molecule has 0 aliphatic rings. The summed E-state index contributed by atoms with van der Waals surface area (Å²) < 4.78 is 16.7. The Morgan fingerprint density at radius 1 is 1.14 bits per heavy atom. The van der Waals surface area contributed by atoms with E-state index in [9.17, 15) is 0 Å². The van der Waals surface area contributed by atoms with Crippen molar-refractivity contribution in [3.63, 3.8) is 0 Å². The zero-order valence-corrected chi connectivity index (χ0v) is 19.0. The van der Waals surface area contributed by atoms with Crippen molar-refractivity contribution >= 4 is 35.6 Å². The number of oxazole rings is 1. The molecule has 0 amide bonds. The number of aliphatic imine (C=N–C) groups is 1. The van der Waals surface area contributed by atoms with Gasteiger partial charge in [0.1, 0.15) is 0 Å². The second-order valence-corrected chi connectivity index (χ2v) is 5.83. The number of halogens is 1. The highest BCUT2D eigenvalue weighted by molar-refractivity contribution is 14.0. The number of nitrogens with zero attached hydrogens (tertiary/aromatic N) is 2. The Morgan fingerprint density at radius 3 is 2.62 bits per heavy atom. The summed E-state index contributed by atoms with van der Waals surface area (Å²) in [6, 6.07) is 15.5. The van der Waals surface area contributed by atoms with Gasteiger partial charge < -0.3 is 24.5 Å². The molecule has 2 aromatic carbocycles. The first-order chi connectivity index (χ1) is 13.7. The minimum Gasteiger partial charge on any atom is -0.493 e. The van der Waals surface area contributed by atoms with Crippen molar-refractivity contribution in [3.05, 3.63) is 60.6 Å². The van der Waals surface area contributed by atoms with Gasteiger partial charge in [-0.3, -0.25) is 4.99 Å². The highest BCUT2D eigenvalue weighted by Crippen LogP contribution is 2.30. The SMILES string of the molecule is CCOc1cc(NC(=NC)NCc2ncc(-c3ccccc3)o2)ccc1OC.I. The molecule has 0 unspecified atom stereocenters. The van der Waals surface area contributed by atoms with Crippen LogP contribution in [0.25, 0.3) is 11.3 Å². The molecule has 1 aromatic heterocycles. The van der Waals surface area contributed by atoms with E-state index in [-0.39, 0.29) is 24.0 Å². The number of hydrogen-bond donors (Lipinski definition) is 2. The van der Waals surface area contributed by atoms with E-state index in [1.807, 2.05) is 55.5 Å². The molecule has 7 nitrogen and oxygen atoms in total. The molecule has 2 N–H and O–H groups in total. The fourth-order valence-electron chi connectivity index (χ4n) is 2.63. The Bertz CT molecular complexity index is 929. The predicted octanol–water partition coefficient (Wildman–Crippen LogP) is 4.55. The summed E-state index contributed by atoms with van der Waals surface area (Å²) in [5, 5.41) is 6.41. The lowest BCUT2D eigenvalue weighted by molar-refractivity contribution is 0.311. The van der Waals surface area contributed by atoms with Crippen LogP contribution in [-0.2, 0) is 6.54 Å². The Labute approximate surface area is 187 Å². The highest BCUT2D eigenvalue weighted by Gasteiger charge is 2.09. The van der Waals surface area contributed by atoms with E-state index >= 15 is 0 Å². The normalized spacial score (nSPS) is 10.8. The number of anilines is 1. The third-order valence-electron chi connectivity index (χ3n) is 3.97. The van der Waals surface area contributed by atoms with Gasteiger partial charge in [-0.2, -0.15) is 0 Å². The van der Waals surface area contributed by atoms with Gasteiger partial charge in [0.2, 0.25) is 5.89 Å². The van der Waals surface area contributed by atoms with Crippen LogP contribution in [0.3, 0.4) is 0 Å². The molecule has 3 aromatic rings. The summed E-state index contributed by atoms with van der Waals surface area (Å²) in [6.07, 6.45) is 1.72. The lowest BCUT2D eigenvalue weighted by Crippen LogP contribution is -2.30. The van der Waals surface area contributed by atoms with E-state index in [4.69, 9.17) is 13.9 Å². The first-order valence-corrected chi connectivity index (χ1v) is 9.02. The molecule has 154 valence electrons. The van der Waals surface area contributed by atoms with E-state index in [2.05, 4.69) is 20.6 Å². The van der Waals surface area contributed by atoms with Crippen molar-refractivity contribution in [3.8, 4) is 22.8 Å². The van der Waals surface area contributed by atoms with Gasteiger partial charge in [-0.1, -0.05) is 30.3 Å². The van der Waals surface area contributed by atoms with Crippen LogP contribution in [0.15, 0.2) is 64.1 Å². The van der Waals surface area contributed by atoms with Crippen molar-refractivity contribution in [2.24, 2.45) is 4.99 Å². The maximum absolute atomic E-state index is 5.80. The van der Waals surface area contributed by atoms with Crippen LogP contribution in [0.1, 0.15) is 12.8 Å². The number of rotatable bonds is 7. The smallest absolute Gasteiger partial charge is 0.214 e. The Kier molecular flexibility index (Phi) is 8.78. The van der Waals surface area contributed by atoms with Crippen LogP contribution in [0.4, 0.5) is 5.69 Å². The Morgan fingerprint density at radius 2 is 1.93 bits per heavy atom. The van der Waals surface area contributed by atoms with E-state index in [1.54, 1.807) is 20.4 Å². The van der Waals surface area contributed by atoms with Gasteiger partial charge >= 0.3 is 0 Å². The number of aromatic nitrogens is 1. The predicted molar refractivity (Wildman–Crippen MR) is 125 cm³/mol. The van der Waals surface area contributed by atoms with Gasteiger partial charge in [0, 0.05) is 24.4 Å². The van der Waals surface area contributed by atoms with E-state index in [0.717, 1.165) is 17.0 Å². The molecule has 1 heterocycles. The van der Waals surface area contributed by atoms with Gasteiger partial charge in [0.25, 0.3) is 0 Å². The Hall–Kier alpha value is -2.75. The average Bonchev–Trinajstić information content (AvgIpc) is 3.21. The molecule has 0 bridgehead atoms. The summed E-state index contributed by atoms with van der Waals surface area (Å²) in [6.45, 7) is 2.89. The van der Waals surface area contributed by atoms with Crippen molar-refractivity contribution in [1.82, 2.24) is 10.3 Å². The molecule has 8 heteroatoms. The van der Waals surface area contributed by atoms with Gasteiger partial charge in [0.05, 0.1) is 26.5 Å². The first kappa shape index (κ1) is 22.5. The number of hydrogen-bond acceptors (Lipinski definition) is 5. The van der Waals surface area contributed by atoms with Crippen molar-refractivity contribution in [1.29, 1.82) is 0 Å². The number of guanidine groups is 1. The largest absolute Gasteiger partial charge is 0.493 e. The van der Waals surface area contributed by atoms with E-state index in [0.29, 0.717) is 36.5 Å². The quantitative estimate of drug-likeness (QED) is 0.277. The summed E-state index contributed by atoms with van der Waals surface area (Å²) in [7, 11) is 3.32. The molecule has 0 aliphatic heterocycles. The molecule has 0 spiro atoms. The van der Waals surface area contributed by atoms with Crippen LogP contribution < -0.4 is 20.1 Å². The van der Waals surface area contributed by atoms with Crippen LogP contribution >= 0.6 is 24.0 Å². The summed E-state index contributed by atoms with van der Waals surface area (Å²) in [5.41, 5.74) is 1.82. The first-order valence-electron chi connectivity index (χ1n) is 9.02. The summed E-state index contributed by atoms with van der Waals surface area (Å²) >= 11 is 0. The minimum atomic E-state index is 0. The summed E-state index contributed by atoms with van der Waals surface area (Å²) in [4.78, 5) is 8.55. The highest BCUT2D eigenvalue weighted by atomic mass is 127. The van der Waals surface area contributed by atoms with Gasteiger partial charge in [0.15, 0.2) is 23.2 Å². The maximum Gasteiger partial charge on any atom is 0.214 e. The zero-order valence-electron chi connectivity index (χ0n) is 16.6. The second kappa shape index (κ2) is 11.3. The van der Waals surface area contributed by atoms with Crippen LogP contribution in [0.5, 0.6) is 11.5 Å². The average molecular weight is 508 g/mol. The molecule has 0 fully saturated rings. The number of benzene rings is 2. The van der Waals surface area contributed by atoms with Gasteiger partial charge in [-0.15, -0.1) is 24.0 Å². The van der Waals surface area contributed by atoms with Crippen LogP contribution in [0, 0.1) is 0 Å². The molecule has 3 rings (SSSR count). The fourth-order valence-corrected chi connectivity index (χ4v) is 2.63. The van der Waals surface area contributed by atoms with Gasteiger partial charge in [-0.05, 0) is 19.1 Å². The number of nitrogens with one attached hydrogen (secondary N) is 2. The molecule has 0 saturated heterocycles. The molecule has 29 heavy (non-hydrogen) atoms. The van der Waals surface area contributed by atoms with E-state index in [1.165, 1.54) is 0 Å². The van der Waals surface area contributed by atoms with Crippen molar-refractivity contribution in [2.75, 3.05) is 26.1 Å². The molecule has 0 saturated carbocycles. The second-order valence-electron chi connectivity index (χ2n) is 5.83. The monoisotopic (exact) mass is 508 g/mol. The standard InChI is InChI=1S/C21H24N4O3.HI/c1-4-27-18-12-16(10-11-17(18)26-3)25-21(22-2)24-14-20-23-13-19(28-20)15-8-6-5-7-9-15;/h5-13H,4,14H2,1-3H3,(H2,22,24,25);1H. The zero-order chi connectivity index (χ0) is 19.8. The lowest BCUT2D eigenvalue weighted by atomic mass is 10.2. The molecule has 0 aliphatic carbocycles. The minimum absolute atomic E-state index is 0. The van der Waals surface area contributed by atoms with Crippen molar-refractivity contribution < 1.29 is 13.9 Å². The molecule has 0 radical (unpaired) electrons. The molecular formula is C21H25IN4O3. The third-order valence-corrected chi connectivity index (χ3v) is 3.97. The van der Waals surface area contributed by atoms with E-state index < -0.39 is 0 Å². The summed E-state index contributed by atoms with van der Waals surface area (Å²) in [5.74, 6) is 3.25. The fraction of sp³-hybridized carbons (Fsp3) is 0.238. The van der Waals surface area contributed by atoms with Gasteiger partial charge in [-0.25, -0.2) is 4.98 Å². The van der Waals surface area contributed by atoms with Crippen LogP contribution in [-0.4, -0.2) is 31.7 Å². The number of methoxy groups -OCH3 is 1. The number of ether oxygens (including phenoxy) is 2. The topological polar surface area (TPSA) is 80.9 Å². The lowest BCUT2D eigenvalue weighted by Gasteiger charge is -2.14.